The van der Waals surface area contributed by atoms with Gasteiger partial charge in [0, 0.05) is 29.0 Å². The maximum absolute atomic E-state index is 12.3. The number of nitrogens with zero attached hydrogens (tertiary/aromatic N) is 3. The molecule has 0 fully saturated rings. The van der Waals surface area contributed by atoms with E-state index < -0.39 is 4.92 Å². The first-order valence-electron chi connectivity index (χ1n) is 8.07. The van der Waals surface area contributed by atoms with Gasteiger partial charge in [-0.2, -0.15) is 5.10 Å². The highest BCUT2D eigenvalue weighted by Gasteiger charge is 2.13. The van der Waals surface area contributed by atoms with Gasteiger partial charge in [-0.3, -0.25) is 19.6 Å². The van der Waals surface area contributed by atoms with Crippen molar-refractivity contribution in [2.75, 3.05) is 0 Å². The molecule has 3 aromatic rings. The standard InChI is InChI=1S/C20H17N3O3/c1-15-7-9-18(11-19(15)23(25)26)20(24)10-8-17-12-21-22(14-17)13-16-5-3-2-4-6-16/h2-12,14H,13H2,1H3/b10-8+. The van der Waals surface area contributed by atoms with Crippen LogP contribution in [-0.2, 0) is 6.54 Å². The minimum absolute atomic E-state index is 0.0556. The van der Waals surface area contributed by atoms with Crippen molar-refractivity contribution >= 4 is 17.5 Å². The summed E-state index contributed by atoms with van der Waals surface area (Å²) in [5.74, 6) is -0.288. The summed E-state index contributed by atoms with van der Waals surface area (Å²) >= 11 is 0. The van der Waals surface area contributed by atoms with Gasteiger partial charge in [-0.05, 0) is 24.6 Å². The van der Waals surface area contributed by atoms with E-state index in [1.54, 1.807) is 36.0 Å². The number of allylic oxidation sites excluding steroid dienone is 1. The number of aryl methyl sites for hydroxylation is 1. The second-order valence-corrected chi connectivity index (χ2v) is 5.91. The number of benzene rings is 2. The average molecular weight is 347 g/mol. The van der Waals surface area contributed by atoms with Gasteiger partial charge in [-0.15, -0.1) is 0 Å². The van der Waals surface area contributed by atoms with Crippen LogP contribution in [0.1, 0.15) is 27.0 Å². The molecule has 0 amide bonds. The molecule has 0 aliphatic carbocycles. The zero-order chi connectivity index (χ0) is 18.5. The Bertz CT molecular complexity index is 975. The van der Waals surface area contributed by atoms with E-state index in [0.717, 1.165) is 11.1 Å². The van der Waals surface area contributed by atoms with Gasteiger partial charge in [-0.25, -0.2) is 0 Å². The first kappa shape index (κ1) is 17.3. The fraction of sp³-hybridized carbons (Fsp3) is 0.100. The number of hydrogen-bond donors (Lipinski definition) is 0. The van der Waals surface area contributed by atoms with Crippen LogP contribution in [0.4, 0.5) is 5.69 Å². The molecule has 1 aromatic heterocycles. The van der Waals surface area contributed by atoms with Gasteiger partial charge in [0.15, 0.2) is 5.78 Å². The molecule has 0 saturated heterocycles. The third-order valence-electron chi connectivity index (χ3n) is 3.96. The van der Waals surface area contributed by atoms with Crippen LogP contribution in [0.5, 0.6) is 0 Å². The smallest absolute Gasteiger partial charge is 0.273 e. The predicted molar refractivity (Wildman–Crippen MR) is 99.0 cm³/mol. The summed E-state index contributed by atoms with van der Waals surface area (Å²) in [6.45, 7) is 2.29. The number of carbonyl (C=O) groups excluding carboxylic acids is 1. The van der Waals surface area contributed by atoms with Crippen molar-refractivity contribution in [3.05, 3.63) is 99.4 Å². The topological polar surface area (TPSA) is 78.0 Å². The zero-order valence-electron chi connectivity index (χ0n) is 14.2. The van der Waals surface area contributed by atoms with Gasteiger partial charge in [0.05, 0.1) is 17.7 Å². The molecule has 6 nitrogen and oxygen atoms in total. The molecular weight excluding hydrogens is 330 g/mol. The molecule has 0 radical (unpaired) electrons. The minimum Gasteiger partial charge on any atom is -0.289 e. The Morgan fingerprint density at radius 3 is 2.73 bits per heavy atom. The lowest BCUT2D eigenvalue weighted by molar-refractivity contribution is -0.385. The summed E-state index contributed by atoms with van der Waals surface area (Å²) in [6, 6.07) is 14.4. The molecule has 0 aliphatic rings. The highest BCUT2D eigenvalue weighted by Crippen LogP contribution is 2.20. The maximum Gasteiger partial charge on any atom is 0.273 e. The summed E-state index contributed by atoms with van der Waals surface area (Å²) in [5.41, 5.74) is 2.68. The number of nitro benzene ring substituents is 1. The Morgan fingerprint density at radius 2 is 2.00 bits per heavy atom. The Balaban J connectivity index is 1.71. The van der Waals surface area contributed by atoms with Crippen LogP contribution in [-0.4, -0.2) is 20.5 Å². The Labute approximate surface area is 150 Å². The second kappa shape index (κ2) is 7.57. The molecule has 0 bridgehead atoms. The monoisotopic (exact) mass is 347 g/mol. The first-order valence-corrected chi connectivity index (χ1v) is 8.07. The molecule has 0 spiro atoms. The van der Waals surface area contributed by atoms with E-state index in [0.29, 0.717) is 12.1 Å². The summed E-state index contributed by atoms with van der Waals surface area (Å²) in [7, 11) is 0. The highest BCUT2D eigenvalue weighted by atomic mass is 16.6. The van der Waals surface area contributed by atoms with E-state index in [-0.39, 0.29) is 17.0 Å². The van der Waals surface area contributed by atoms with E-state index in [9.17, 15) is 14.9 Å². The lowest BCUT2D eigenvalue weighted by Gasteiger charge is -2.00. The van der Waals surface area contributed by atoms with Crippen molar-refractivity contribution in [1.29, 1.82) is 0 Å². The largest absolute Gasteiger partial charge is 0.289 e. The molecule has 6 heteroatoms. The molecule has 1 heterocycles. The van der Waals surface area contributed by atoms with Crippen molar-refractivity contribution in [1.82, 2.24) is 9.78 Å². The molecule has 26 heavy (non-hydrogen) atoms. The van der Waals surface area contributed by atoms with Gasteiger partial charge < -0.3 is 0 Å². The lowest BCUT2D eigenvalue weighted by atomic mass is 10.1. The van der Waals surface area contributed by atoms with Crippen LogP contribution in [0.3, 0.4) is 0 Å². The van der Waals surface area contributed by atoms with Crippen molar-refractivity contribution in [3.8, 4) is 0 Å². The second-order valence-electron chi connectivity index (χ2n) is 5.91. The molecule has 0 saturated carbocycles. The normalized spacial score (nSPS) is 11.0. The van der Waals surface area contributed by atoms with E-state index >= 15 is 0 Å². The molecular formula is C20H17N3O3. The summed E-state index contributed by atoms with van der Waals surface area (Å²) in [4.78, 5) is 22.8. The van der Waals surface area contributed by atoms with Crippen LogP contribution in [0.25, 0.3) is 6.08 Å². The quantitative estimate of drug-likeness (QED) is 0.292. The van der Waals surface area contributed by atoms with Gasteiger partial charge >= 0.3 is 0 Å². The third kappa shape index (κ3) is 4.10. The lowest BCUT2D eigenvalue weighted by Crippen LogP contribution is -1.99. The van der Waals surface area contributed by atoms with Crippen LogP contribution in [0.15, 0.2) is 67.0 Å². The highest BCUT2D eigenvalue weighted by molar-refractivity contribution is 6.07. The van der Waals surface area contributed by atoms with Gasteiger partial charge in [0.2, 0.25) is 0 Å². The van der Waals surface area contributed by atoms with Crippen LogP contribution in [0, 0.1) is 17.0 Å². The Kier molecular flexibility index (Phi) is 5.03. The van der Waals surface area contributed by atoms with Crippen molar-refractivity contribution in [2.45, 2.75) is 13.5 Å². The Morgan fingerprint density at radius 1 is 1.23 bits per heavy atom. The van der Waals surface area contributed by atoms with Gasteiger partial charge in [-0.1, -0.05) is 42.5 Å². The third-order valence-corrected chi connectivity index (χ3v) is 3.96. The number of ketones is 1. The Hall–Kier alpha value is -3.54. The maximum atomic E-state index is 12.3. The molecule has 0 N–H and O–H groups in total. The summed E-state index contributed by atoms with van der Waals surface area (Å²) < 4.78 is 1.79. The van der Waals surface area contributed by atoms with E-state index in [1.807, 2.05) is 36.5 Å². The van der Waals surface area contributed by atoms with Crippen LogP contribution >= 0.6 is 0 Å². The van der Waals surface area contributed by atoms with E-state index in [1.165, 1.54) is 12.1 Å². The summed E-state index contributed by atoms with van der Waals surface area (Å²) in [5, 5.41) is 15.3. The van der Waals surface area contributed by atoms with Crippen molar-refractivity contribution in [3.63, 3.8) is 0 Å². The van der Waals surface area contributed by atoms with Gasteiger partial charge in [0.25, 0.3) is 5.69 Å². The molecule has 0 atom stereocenters. The molecule has 3 rings (SSSR count). The first-order chi connectivity index (χ1) is 12.5. The van der Waals surface area contributed by atoms with Crippen molar-refractivity contribution in [2.24, 2.45) is 0 Å². The van der Waals surface area contributed by atoms with Gasteiger partial charge in [0.1, 0.15) is 0 Å². The minimum atomic E-state index is -0.483. The fourth-order valence-corrected chi connectivity index (χ4v) is 2.55. The van der Waals surface area contributed by atoms with E-state index in [4.69, 9.17) is 0 Å². The number of rotatable bonds is 6. The molecule has 0 unspecified atom stereocenters. The zero-order valence-corrected chi connectivity index (χ0v) is 14.2. The predicted octanol–water partition coefficient (Wildman–Crippen LogP) is 4.04. The number of aromatic nitrogens is 2. The molecule has 0 aliphatic heterocycles. The van der Waals surface area contributed by atoms with Crippen LogP contribution in [0.2, 0.25) is 0 Å². The van der Waals surface area contributed by atoms with Crippen molar-refractivity contribution < 1.29 is 9.72 Å². The fourth-order valence-electron chi connectivity index (χ4n) is 2.55. The van der Waals surface area contributed by atoms with Crippen LogP contribution < -0.4 is 0 Å². The van der Waals surface area contributed by atoms with E-state index in [2.05, 4.69) is 5.10 Å². The molecule has 2 aromatic carbocycles. The SMILES string of the molecule is Cc1ccc(C(=O)/C=C/c2cnn(Cc3ccccc3)c2)cc1[N+](=O)[O-]. The average Bonchev–Trinajstić information content (AvgIpc) is 3.08. The number of carbonyl (C=O) groups is 1. The molecule has 130 valence electrons. The number of hydrogen-bond acceptors (Lipinski definition) is 4. The number of nitro groups is 1. The summed E-state index contributed by atoms with van der Waals surface area (Å²) in [6.07, 6.45) is 6.57.